The minimum atomic E-state index is -0.234. The molecule has 0 bridgehead atoms. The van der Waals surface area contributed by atoms with Crippen molar-refractivity contribution < 1.29 is 26.2 Å². The number of pyridine rings is 2. The summed E-state index contributed by atoms with van der Waals surface area (Å²) in [6, 6.07) is 53.7. The van der Waals surface area contributed by atoms with Gasteiger partial charge in [0.15, 0.2) is 0 Å². The molecular weight excluding hydrogens is 968 g/mol. The quantitative estimate of drug-likeness (QED) is 0.175. The minimum Gasteiger partial charge on any atom is -0.507 e. The van der Waals surface area contributed by atoms with Crippen molar-refractivity contribution >= 4 is 31.5 Å². The molecule has 1 aliphatic carbocycles. The van der Waals surface area contributed by atoms with E-state index < -0.39 is 0 Å². The smallest absolute Gasteiger partial charge is 0.125 e. The van der Waals surface area contributed by atoms with Gasteiger partial charge in [-0.15, -0.1) is 35.6 Å². The van der Waals surface area contributed by atoms with E-state index in [1.807, 2.05) is 17.4 Å². The van der Waals surface area contributed by atoms with Gasteiger partial charge >= 0.3 is 0 Å². The zero-order chi connectivity index (χ0) is 43.3. The predicted octanol–water partition coefficient (Wildman–Crippen LogP) is 15.9. The van der Waals surface area contributed by atoms with Crippen LogP contribution >= 0.6 is 11.3 Å². The number of thiophene rings is 1. The van der Waals surface area contributed by atoms with E-state index in [-0.39, 0.29) is 43.1 Å². The summed E-state index contributed by atoms with van der Waals surface area (Å²) in [6.07, 6.45) is 0. The second-order valence-corrected chi connectivity index (χ2v) is 20.7. The van der Waals surface area contributed by atoms with Gasteiger partial charge in [0, 0.05) is 69.3 Å². The molecule has 316 valence electrons. The van der Waals surface area contributed by atoms with Crippen molar-refractivity contribution in [3.8, 4) is 72.9 Å². The van der Waals surface area contributed by atoms with E-state index in [1.54, 1.807) is 0 Å². The Hall–Kier alpha value is -5.67. The third-order valence-electron chi connectivity index (χ3n) is 12.8. The molecule has 0 atom stereocenters. The van der Waals surface area contributed by atoms with Crippen molar-refractivity contribution in [2.45, 2.75) is 78.6 Å². The number of hydrogen-bond acceptors (Lipinski definition) is 4. The Morgan fingerprint density at radius 1 is 0.524 bits per heavy atom. The molecule has 5 heteroatoms. The molecule has 0 spiro atoms. The minimum absolute atomic E-state index is 0. The summed E-state index contributed by atoms with van der Waals surface area (Å²) in [7, 11) is 0. The van der Waals surface area contributed by atoms with Crippen LogP contribution in [0, 0.1) is 13.0 Å². The van der Waals surface area contributed by atoms with Crippen LogP contribution in [0.2, 0.25) is 0 Å². The van der Waals surface area contributed by atoms with Crippen LogP contribution in [0.15, 0.2) is 140 Å². The number of fused-ring (bicyclic) bond motifs is 6. The van der Waals surface area contributed by atoms with Crippen LogP contribution < -0.4 is 0 Å². The molecule has 9 aromatic rings. The molecule has 0 saturated heterocycles. The molecule has 0 amide bonds. The zero-order valence-electron chi connectivity index (χ0n) is 37.3. The first-order chi connectivity index (χ1) is 29.5. The largest absolute Gasteiger partial charge is 0.507 e. The van der Waals surface area contributed by atoms with E-state index >= 15 is 0 Å². The Bertz CT molecular complexity index is 3240. The Labute approximate surface area is 390 Å². The topological polar surface area (TPSA) is 46.0 Å². The number of hydrogen-bond donors (Lipinski definition) is 1. The summed E-state index contributed by atoms with van der Waals surface area (Å²) in [5.74, 6) is 0.216. The molecule has 0 unspecified atom stereocenters. The van der Waals surface area contributed by atoms with Gasteiger partial charge in [-0.2, -0.15) is 0 Å². The predicted molar refractivity (Wildman–Crippen MR) is 262 cm³/mol. The van der Waals surface area contributed by atoms with Gasteiger partial charge in [0.2, 0.25) is 0 Å². The van der Waals surface area contributed by atoms with Crippen molar-refractivity contribution in [2.24, 2.45) is 0 Å². The van der Waals surface area contributed by atoms with E-state index in [2.05, 4.69) is 202 Å². The van der Waals surface area contributed by atoms with Gasteiger partial charge in [-0.1, -0.05) is 158 Å². The van der Waals surface area contributed by atoms with Crippen LogP contribution in [-0.2, 0) is 37.3 Å². The zero-order valence-corrected chi connectivity index (χ0v) is 40.4. The Morgan fingerprint density at radius 3 is 1.84 bits per heavy atom. The maximum atomic E-state index is 11.9. The summed E-state index contributed by atoms with van der Waals surface area (Å²) in [5, 5.41) is 14.5. The molecule has 63 heavy (non-hydrogen) atoms. The fraction of sp³-hybridized carbons (Fsp3) is 0.207. The van der Waals surface area contributed by atoms with Crippen molar-refractivity contribution in [2.75, 3.05) is 0 Å². The van der Waals surface area contributed by atoms with Gasteiger partial charge in [0.05, 0.1) is 5.69 Å². The Morgan fingerprint density at radius 2 is 1.11 bits per heavy atom. The summed E-state index contributed by atoms with van der Waals surface area (Å²) in [6.45, 7) is 20.3. The van der Waals surface area contributed by atoms with Crippen molar-refractivity contribution in [1.29, 1.82) is 0 Å². The molecule has 0 fully saturated rings. The number of rotatable bonds is 5. The normalized spacial score (nSPS) is 13.2. The van der Waals surface area contributed by atoms with Crippen LogP contribution in [0.25, 0.3) is 87.3 Å². The molecule has 0 saturated carbocycles. The number of nitrogens with zero attached hydrogens (tertiary/aromatic N) is 2. The molecule has 3 aromatic heterocycles. The van der Waals surface area contributed by atoms with Crippen molar-refractivity contribution in [1.82, 2.24) is 9.97 Å². The molecule has 1 N–H and O–H groups in total. The summed E-state index contributed by atoms with van der Waals surface area (Å²) in [5.41, 5.74) is 17.2. The number of benzene rings is 6. The molecule has 0 radical (unpaired) electrons. The van der Waals surface area contributed by atoms with Gasteiger partial charge in [-0.3, -0.25) is 9.97 Å². The van der Waals surface area contributed by atoms with Crippen molar-refractivity contribution in [3.05, 3.63) is 174 Å². The van der Waals surface area contributed by atoms with E-state index in [9.17, 15) is 5.11 Å². The number of aromatic nitrogens is 2. The fourth-order valence-corrected chi connectivity index (χ4v) is 10.5. The van der Waals surface area contributed by atoms with Gasteiger partial charge in [-0.05, 0) is 104 Å². The molecular formula is C58H51N2OPtS-. The molecule has 3 nitrogen and oxygen atoms in total. The second-order valence-electron chi connectivity index (χ2n) is 19.7. The fourth-order valence-electron chi connectivity index (χ4n) is 9.28. The monoisotopic (exact) mass is 1020 g/mol. The van der Waals surface area contributed by atoms with Crippen LogP contribution in [0.5, 0.6) is 5.75 Å². The van der Waals surface area contributed by atoms with Crippen molar-refractivity contribution in [3.63, 3.8) is 0 Å². The van der Waals surface area contributed by atoms with E-state index in [4.69, 9.17) is 9.97 Å². The van der Waals surface area contributed by atoms with Crippen LogP contribution in [0.4, 0.5) is 0 Å². The Balaban J connectivity index is 0.00000504. The van der Waals surface area contributed by atoms with E-state index in [1.165, 1.54) is 53.6 Å². The number of phenols is 1. The van der Waals surface area contributed by atoms with Gasteiger partial charge < -0.3 is 5.11 Å². The standard InChI is InChI=1S/C58H51N2OS.Pt/c1-34-24-39(42-20-15-21-45-44-19-11-13-23-54(44)62-55(42)45)30-50(59-34)35-16-14-17-36(25-35)51-28-38(37-26-40(56(2,3)4)31-41(27-37)57(5,6)7)29-52(60-51)47-32-49-46(33-53(47)61)43-18-10-12-22-48(43)58(49,8)9;/h10-24,26-33,61H,1-9H3;/q-1;. The number of aryl methyl sites for hydroxylation is 1. The van der Waals surface area contributed by atoms with Gasteiger partial charge in [0.25, 0.3) is 0 Å². The van der Waals surface area contributed by atoms with Crippen LogP contribution in [0.3, 0.4) is 0 Å². The third kappa shape index (κ3) is 7.56. The summed E-state index contributed by atoms with van der Waals surface area (Å²) in [4.78, 5) is 10.5. The van der Waals surface area contributed by atoms with Gasteiger partial charge in [-0.25, -0.2) is 0 Å². The van der Waals surface area contributed by atoms with Crippen LogP contribution in [-0.4, -0.2) is 15.1 Å². The number of aromatic hydroxyl groups is 1. The Kier molecular flexibility index (Phi) is 10.5. The summed E-state index contributed by atoms with van der Waals surface area (Å²) < 4.78 is 2.57. The first kappa shape index (κ1) is 42.6. The average Bonchev–Trinajstić information content (AvgIpc) is 3.74. The van der Waals surface area contributed by atoms with E-state index in [0.29, 0.717) is 11.3 Å². The second kappa shape index (κ2) is 15.5. The average molecular weight is 1020 g/mol. The maximum absolute atomic E-state index is 11.9. The molecule has 6 aromatic carbocycles. The first-order valence-corrected chi connectivity index (χ1v) is 22.4. The van der Waals surface area contributed by atoms with Crippen LogP contribution in [0.1, 0.15) is 83.3 Å². The molecule has 3 heterocycles. The SMILES string of the molecule is Cc1cc(-c2cccc3c2sc2ccccc23)cc(-c2[c-]c(-c3cc(-c4cc(C(C)(C)C)cc(C(C)(C)C)c4)cc(-c4cc5c(cc4O)-c4ccccc4C5(C)C)n3)ccc2)n1.[Pt]. The number of phenolic OH excluding ortho intramolecular Hbond substituents is 1. The molecule has 1 aliphatic rings. The first-order valence-electron chi connectivity index (χ1n) is 21.6. The maximum Gasteiger partial charge on any atom is 0.125 e. The third-order valence-corrected chi connectivity index (χ3v) is 14.0. The van der Waals surface area contributed by atoms with E-state index in [0.717, 1.165) is 50.5 Å². The molecule has 0 aliphatic heterocycles. The van der Waals surface area contributed by atoms with Gasteiger partial charge in [0.1, 0.15) is 5.75 Å². The summed E-state index contributed by atoms with van der Waals surface area (Å²) >= 11 is 1.84. The molecule has 10 rings (SSSR count).